The van der Waals surface area contributed by atoms with Crippen molar-refractivity contribution in [3.05, 3.63) is 71.9 Å². The Hall–Kier alpha value is -3.83. The van der Waals surface area contributed by atoms with Gasteiger partial charge in [-0.2, -0.15) is 9.35 Å². The van der Waals surface area contributed by atoms with Crippen LogP contribution in [0.25, 0.3) is 0 Å². The quantitative estimate of drug-likeness (QED) is 0.306. The molecule has 10 nitrogen and oxygen atoms in total. The van der Waals surface area contributed by atoms with Gasteiger partial charge in [-0.05, 0) is 80.6 Å². The van der Waals surface area contributed by atoms with Gasteiger partial charge in [-0.25, -0.2) is 14.2 Å². The third kappa shape index (κ3) is 7.68. The minimum atomic E-state index is -2.38. The zero-order valence-corrected chi connectivity index (χ0v) is 24.5. The lowest BCUT2D eigenvalue weighted by atomic mass is 9.86. The van der Waals surface area contributed by atoms with Crippen molar-refractivity contribution in [3.8, 4) is 0 Å². The van der Waals surface area contributed by atoms with Crippen molar-refractivity contribution in [2.24, 2.45) is 4.36 Å². The molecular weight excluding hydrogens is 536 g/mol. The lowest BCUT2D eigenvalue weighted by molar-refractivity contribution is 0.0958. The third-order valence-corrected chi connectivity index (χ3v) is 7.93. The van der Waals surface area contributed by atoms with Crippen LogP contribution in [0, 0.1) is 0 Å². The molecule has 0 bridgehead atoms. The zero-order valence-electron chi connectivity index (χ0n) is 23.7. The second kappa shape index (κ2) is 12.8. The molecule has 0 radical (unpaired) electrons. The third-order valence-electron chi connectivity index (χ3n) is 7.31. The molecule has 2 aliphatic rings. The summed E-state index contributed by atoms with van der Waals surface area (Å²) in [5.74, 6) is 1.02. The van der Waals surface area contributed by atoms with Crippen LogP contribution < -0.4 is 16.0 Å². The maximum absolute atomic E-state index is 12.9. The number of benzene rings is 1. The lowest BCUT2D eigenvalue weighted by Crippen LogP contribution is -2.42. The molecule has 11 heteroatoms. The smallest absolute Gasteiger partial charge is 0.256 e. The highest BCUT2D eigenvalue weighted by molar-refractivity contribution is 7.92. The number of hydrogen-bond donors (Lipinski definition) is 3. The maximum Gasteiger partial charge on any atom is 0.256 e. The van der Waals surface area contributed by atoms with E-state index in [1.54, 1.807) is 36.8 Å². The number of nitrogens with zero attached hydrogens (tertiary/aromatic N) is 5. The van der Waals surface area contributed by atoms with E-state index in [1.807, 2.05) is 0 Å². The van der Waals surface area contributed by atoms with Crippen molar-refractivity contribution in [1.29, 1.82) is 0 Å². The first kappa shape index (κ1) is 28.7. The van der Waals surface area contributed by atoms with Gasteiger partial charge in [0.05, 0.1) is 0 Å². The average Bonchev–Trinajstić information content (AvgIpc) is 2.95. The summed E-state index contributed by atoms with van der Waals surface area (Å²) in [6, 6.07) is 12.3. The standard InChI is InChI=1S/C30H38N8O2S/c1-4-15-31-29(39)25-20-32-30(36-28(25)35-26-9-8-10-27(34-26)37-41(2,3)40)33-23-13-11-22-19-24(14-12-21(22)18-23)38-16-6-5-7-17-38/h4,8-11,13,18,20,24H,1,5-7,12,14-17,19H2,2-3H3,(H,31,39)(H2,32,33,34,35,36). The minimum Gasteiger partial charge on any atom is -0.348 e. The number of carbonyl (C=O) groups excluding carboxylic acids is 1. The molecule has 41 heavy (non-hydrogen) atoms. The molecule has 1 saturated heterocycles. The molecule has 1 fully saturated rings. The van der Waals surface area contributed by atoms with Crippen LogP contribution in [-0.2, 0) is 22.6 Å². The monoisotopic (exact) mass is 574 g/mol. The number of carbonyl (C=O) groups is 1. The molecule has 5 rings (SSSR count). The van der Waals surface area contributed by atoms with Crippen molar-refractivity contribution in [1.82, 2.24) is 25.2 Å². The number of piperidine rings is 1. The van der Waals surface area contributed by atoms with Crippen LogP contribution >= 0.6 is 0 Å². The van der Waals surface area contributed by atoms with Crippen molar-refractivity contribution in [3.63, 3.8) is 0 Å². The van der Waals surface area contributed by atoms with Gasteiger partial charge in [0.25, 0.3) is 5.91 Å². The molecule has 0 saturated carbocycles. The number of anilines is 4. The number of aryl methyl sites for hydroxylation is 1. The van der Waals surface area contributed by atoms with Gasteiger partial charge < -0.3 is 20.9 Å². The van der Waals surface area contributed by atoms with E-state index >= 15 is 0 Å². The molecular formula is C30H38N8O2S. The highest BCUT2D eigenvalue weighted by Gasteiger charge is 2.25. The van der Waals surface area contributed by atoms with Gasteiger partial charge in [-0.3, -0.25) is 4.79 Å². The first-order valence-corrected chi connectivity index (χ1v) is 16.4. The largest absolute Gasteiger partial charge is 0.348 e. The molecule has 0 spiro atoms. The fraction of sp³-hybridized carbons (Fsp3) is 0.400. The van der Waals surface area contributed by atoms with Crippen LogP contribution in [0.3, 0.4) is 0 Å². The van der Waals surface area contributed by atoms with Gasteiger partial charge in [-0.15, -0.1) is 6.58 Å². The number of amides is 1. The number of pyridine rings is 1. The summed E-state index contributed by atoms with van der Waals surface area (Å²) < 4.78 is 16.3. The van der Waals surface area contributed by atoms with Crippen LogP contribution in [0.4, 0.5) is 29.1 Å². The fourth-order valence-corrected chi connectivity index (χ4v) is 5.94. The van der Waals surface area contributed by atoms with Crippen LogP contribution in [0.1, 0.15) is 47.2 Å². The summed E-state index contributed by atoms with van der Waals surface area (Å²) in [5, 5.41) is 9.20. The molecule has 3 aromatic rings. The van der Waals surface area contributed by atoms with Gasteiger partial charge in [0.15, 0.2) is 5.82 Å². The topological polar surface area (TPSA) is 125 Å². The molecule has 3 N–H and O–H groups in total. The van der Waals surface area contributed by atoms with E-state index in [0.29, 0.717) is 30.2 Å². The second-order valence-corrected chi connectivity index (χ2v) is 13.4. The van der Waals surface area contributed by atoms with E-state index in [1.165, 1.54) is 56.1 Å². The van der Waals surface area contributed by atoms with Crippen molar-refractivity contribution < 1.29 is 9.00 Å². The van der Waals surface area contributed by atoms with Crippen LogP contribution in [0.15, 0.2) is 59.6 Å². The number of likely N-dealkylation sites (tertiary alicyclic amines) is 1. The Morgan fingerprint density at radius 1 is 1.12 bits per heavy atom. The molecule has 1 amide bonds. The highest BCUT2D eigenvalue weighted by atomic mass is 32.2. The first-order chi connectivity index (χ1) is 19.8. The summed E-state index contributed by atoms with van der Waals surface area (Å²) in [6.45, 7) is 6.41. The Morgan fingerprint density at radius 2 is 1.95 bits per heavy atom. The Balaban J connectivity index is 1.37. The number of hydrogen-bond acceptors (Lipinski definition) is 9. The summed E-state index contributed by atoms with van der Waals surface area (Å²) in [6.07, 6.45) is 13.5. The van der Waals surface area contributed by atoms with Crippen LogP contribution in [0.5, 0.6) is 0 Å². The number of aromatic nitrogens is 3. The number of rotatable bonds is 9. The zero-order chi connectivity index (χ0) is 28.8. The van der Waals surface area contributed by atoms with Crippen LogP contribution in [-0.4, -0.2) is 68.2 Å². The Bertz CT molecular complexity index is 1540. The van der Waals surface area contributed by atoms with E-state index in [9.17, 15) is 9.00 Å². The van der Waals surface area contributed by atoms with E-state index in [0.717, 1.165) is 18.5 Å². The maximum atomic E-state index is 12.9. The summed E-state index contributed by atoms with van der Waals surface area (Å²) in [5.41, 5.74) is 3.92. The molecule has 3 heterocycles. The predicted molar refractivity (Wildman–Crippen MR) is 165 cm³/mol. The molecule has 1 atom stereocenters. The Labute approximate surface area is 242 Å². The highest BCUT2D eigenvalue weighted by Crippen LogP contribution is 2.30. The van der Waals surface area contributed by atoms with Gasteiger partial charge >= 0.3 is 0 Å². The van der Waals surface area contributed by atoms with Gasteiger partial charge in [0.1, 0.15) is 17.2 Å². The van der Waals surface area contributed by atoms with E-state index < -0.39 is 9.73 Å². The molecule has 1 aliphatic carbocycles. The summed E-state index contributed by atoms with van der Waals surface area (Å²) in [7, 11) is -2.38. The number of fused-ring (bicyclic) bond motifs is 1. The molecule has 1 unspecified atom stereocenters. The molecule has 1 aromatic carbocycles. The normalized spacial score (nSPS) is 17.3. The van der Waals surface area contributed by atoms with E-state index in [-0.39, 0.29) is 17.3 Å². The van der Waals surface area contributed by atoms with Crippen molar-refractivity contribution in [2.45, 2.75) is 44.6 Å². The molecule has 2 aromatic heterocycles. The molecule has 1 aliphatic heterocycles. The van der Waals surface area contributed by atoms with Gasteiger partial charge in [-0.1, -0.05) is 24.6 Å². The molecule has 216 valence electrons. The van der Waals surface area contributed by atoms with Crippen LogP contribution in [0.2, 0.25) is 0 Å². The first-order valence-electron chi connectivity index (χ1n) is 14.1. The minimum absolute atomic E-state index is 0.255. The van der Waals surface area contributed by atoms with Gasteiger partial charge in [0.2, 0.25) is 5.95 Å². The second-order valence-electron chi connectivity index (χ2n) is 10.8. The van der Waals surface area contributed by atoms with E-state index in [2.05, 4.69) is 64.9 Å². The Kier molecular flexibility index (Phi) is 8.94. The van der Waals surface area contributed by atoms with Crippen molar-refractivity contribution >= 4 is 44.7 Å². The summed E-state index contributed by atoms with van der Waals surface area (Å²) in [4.78, 5) is 29.0. The average molecular weight is 575 g/mol. The van der Waals surface area contributed by atoms with Crippen molar-refractivity contribution in [2.75, 3.05) is 42.8 Å². The Morgan fingerprint density at radius 3 is 2.73 bits per heavy atom. The SMILES string of the molecule is C=CCNC(=O)c1cnc(Nc2ccc3c(c2)CCC(N2CCCCC2)C3)nc1Nc1cccc(N=S(C)(C)=O)n1. The lowest BCUT2D eigenvalue weighted by Gasteiger charge is -2.37. The van der Waals surface area contributed by atoms with E-state index in [4.69, 9.17) is 0 Å². The summed E-state index contributed by atoms with van der Waals surface area (Å²) >= 11 is 0. The number of nitrogens with one attached hydrogen (secondary N) is 3. The fourth-order valence-electron chi connectivity index (χ4n) is 5.39. The van der Waals surface area contributed by atoms with Gasteiger partial charge in [0, 0.05) is 46.7 Å². The predicted octanol–water partition coefficient (Wildman–Crippen LogP) is 4.98.